The van der Waals surface area contributed by atoms with E-state index in [9.17, 15) is 5.11 Å². The third-order valence-corrected chi connectivity index (χ3v) is 4.09. The van der Waals surface area contributed by atoms with E-state index in [1.807, 2.05) is 37.3 Å². The maximum Gasteiger partial charge on any atom is 0.0624 e. The van der Waals surface area contributed by atoms with E-state index >= 15 is 0 Å². The highest BCUT2D eigenvalue weighted by Crippen LogP contribution is 2.30. The average Bonchev–Trinajstić information content (AvgIpc) is 2.40. The quantitative estimate of drug-likeness (QED) is 0.872. The molecule has 1 nitrogen and oxygen atoms in total. The standard InChI is InChI=1S/C16H16Cl2O/c1-11-4-2-5-12(8-11)14(10-19)9-13-6-3-7-15(17)16(13)18/h2-8,14,19H,9-10H2,1H3. The van der Waals surface area contributed by atoms with Gasteiger partial charge in [-0.05, 0) is 30.5 Å². The number of halogens is 2. The molecule has 0 spiro atoms. The molecule has 0 aliphatic rings. The molecule has 19 heavy (non-hydrogen) atoms. The minimum Gasteiger partial charge on any atom is -0.396 e. The van der Waals surface area contributed by atoms with E-state index in [4.69, 9.17) is 23.2 Å². The van der Waals surface area contributed by atoms with Crippen molar-refractivity contribution in [2.75, 3.05) is 6.61 Å². The Balaban J connectivity index is 2.26. The molecule has 0 saturated carbocycles. The molecule has 2 aromatic rings. The molecule has 0 fully saturated rings. The molecule has 0 radical (unpaired) electrons. The van der Waals surface area contributed by atoms with E-state index in [-0.39, 0.29) is 12.5 Å². The molecule has 100 valence electrons. The van der Waals surface area contributed by atoms with Crippen molar-refractivity contribution in [3.05, 3.63) is 69.2 Å². The van der Waals surface area contributed by atoms with Crippen LogP contribution in [-0.2, 0) is 6.42 Å². The van der Waals surface area contributed by atoms with E-state index in [1.165, 1.54) is 5.56 Å². The lowest BCUT2D eigenvalue weighted by Crippen LogP contribution is -2.08. The zero-order chi connectivity index (χ0) is 13.8. The first-order chi connectivity index (χ1) is 9.11. The van der Waals surface area contributed by atoms with Gasteiger partial charge in [-0.2, -0.15) is 0 Å². The highest BCUT2D eigenvalue weighted by Gasteiger charge is 2.14. The zero-order valence-electron chi connectivity index (χ0n) is 10.7. The van der Waals surface area contributed by atoms with Crippen LogP contribution < -0.4 is 0 Å². The van der Waals surface area contributed by atoms with Crippen LogP contribution in [0.25, 0.3) is 0 Å². The summed E-state index contributed by atoms with van der Waals surface area (Å²) >= 11 is 12.2. The zero-order valence-corrected chi connectivity index (χ0v) is 12.2. The van der Waals surface area contributed by atoms with Gasteiger partial charge in [-0.1, -0.05) is 65.2 Å². The number of hydrogen-bond donors (Lipinski definition) is 1. The predicted molar refractivity (Wildman–Crippen MR) is 81.2 cm³/mol. The lowest BCUT2D eigenvalue weighted by atomic mass is 9.92. The van der Waals surface area contributed by atoms with Gasteiger partial charge in [0.15, 0.2) is 0 Å². The van der Waals surface area contributed by atoms with Crippen molar-refractivity contribution in [2.24, 2.45) is 0 Å². The summed E-state index contributed by atoms with van der Waals surface area (Å²) in [6, 6.07) is 13.8. The first kappa shape index (κ1) is 14.4. The fourth-order valence-corrected chi connectivity index (χ4v) is 2.58. The predicted octanol–water partition coefficient (Wildman–Crippen LogP) is 4.62. The van der Waals surface area contributed by atoms with Crippen LogP contribution in [0.3, 0.4) is 0 Å². The van der Waals surface area contributed by atoms with Crippen LogP contribution in [0.2, 0.25) is 10.0 Å². The Morgan fingerprint density at radius 1 is 1.11 bits per heavy atom. The van der Waals surface area contributed by atoms with E-state index in [0.29, 0.717) is 16.5 Å². The van der Waals surface area contributed by atoms with Crippen molar-refractivity contribution < 1.29 is 5.11 Å². The molecule has 0 bridgehead atoms. The van der Waals surface area contributed by atoms with Gasteiger partial charge in [0.05, 0.1) is 16.7 Å². The molecule has 2 aromatic carbocycles. The van der Waals surface area contributed by atoms with Gasteiger partial charge in [-0.3, -0.25) is 0 Å². The number of benzene rings is 2. The second kappa shape index (κ2) is 6.42. The van der Waals surface area contributed by atoms with Crippen molar-refractivity contribution in [1.82, 2.24) is 0 Å². The third-order valence-electron chi connectivity index (χ3n) is 3.23. The largest absolute Gasteiger partial charge is 0.396 e. The van der Waals surface area contributed by atoms with Gasteiger partial charge in [0.1, 0.15) is 0 Å². The second-order valence-corrected chi connectivity index (χ2v) is 5.50. The van der Waals surface area contributed by atoms with Crippen molar-refractivity contribution in [2.45, 2.75) is 19.3 Å². The molecular formula is C16H16Cl2O. The highest BCUT2D eigenvalue weighted by molar-refractivity contribution is 6.42. The second-order valence-electron chi connectivity index (χ2n) is 4.71. The number of aliphatic hydroxyl groups is 1. The van der Waals surface area contributed by atoms with Crippen LogP contribution in [0.4, 0.5) is 0 Å². The monoisotopic (exact) mass is 294 g/mol. The van der Waals surface area contributed by atoms with Crippen LogP contribution in [0.15, 0.2) is 42.5 Å². The molecule has 0 aliphatic carbocycles. The van der Waals surface area contributed by atoms with Gasteiger partial charge < -0.3 is 5.11 Å². The van der Waals surface area contributed by atoms with Crippen LogP contribution in [0.1, 0.15) is 22.6 Å². The molecule has 0 heterocycles. The maximum atomic E-state index is 9.62. The first-order valence-electron chi connectivity index (χ1n) is 6.22. The van der Waals surface area contributed by atoms with Gasteiger partial charge in [-0.25, -0.2) is 0 Å². The first-order valence-corrected chi connectivity index (χ1v) is 6.97. The van der Waals surface area contributed by atoms with Gasteiger partial charge in [-0.15, -0.1) is 0 Å². The SMILES string of the molecule is Cc1cccc(C(CO)Cc2cccc(Cl)c2Cl)c1. The molecule has 0 aliphatic heterocycles. The lowest BCUT2D eigenvalue weighted by Gasteiger charge is -2.16. The summed E-state index contributed by atoms with van der Waals surface area (Å²) in [6.07, 6.45) is 0.680. The molecule has 2 rings (SSSR count). The summed E-state index contributed by atoms with van der Waals surface area (Å²) in [6.45, 7) is 2.14. The number of aryl methyl sites for hydroxylation is 1. The maximum absolute atomic E-state index is 9.62. The fraction of sp³-hybridized carbons (Fsp3) is 0.250. The fourth-order valence-electron chi connectivity index (χ4n) is 2.18. The Morgan fingerprint density at radius 2 is 1.84 bits per heavy atom. The molecule has 1 N–H and O–H groups in total. The molecule has 0 saturated heterocycles. The van der Waals surface area contributed by atoms with Crippen molar-refractivity contribution in [3.63, 3.8) is 0 Å². The van der Waals surface area contributed by atoms with Crippen LogP contribution in [0.5, 0.6) is 0 Å². The van der Waals surface area contributed by atoms with Gasteiger partial charge >= 0.3 is 0 Å². The Bertz CT molecular complexity index is 566. The highest BCUT2D eigenvalue weighted by atomic mass is 35.5. The normalized spacial score (nSPS) is 12.4. The van der Waals surface area contributed by atoms with Crippen LogP contribution >= 0.6 is 23.2 Å². The van der Waals surface area contributed by atoms with Crippen LogP contribution in [0, 0.1) is 6.92 Å². The molecule has 0 aromatic heterocycles. The molecule has 0 amide bonds. The Morgan fingerprint density at radius 3 is 2.53 bits per heavy atom. The minimum absolute atomic E-state index is 0.0378. The van der Waals surface area contributed by atoms with Crippen molar-refractivity contribution in [3.8, 4) is 0 Å². The van der Waals surface area contributed by atoms with E-state index in [2.05, 4.69) is 6.07 Å². The summed E-state index contributed by atoms with van der Waals surface area (Å²) in [7, 11) is 0. The van der Waals surface area contributed by atoms with E-state index in [1.54, 1.807) is 6.07 Å². The Kier molecular flexibility index (Phi) is 4.87. The molecule has 1 atom stereocenters. The van der Waals surface area contributed by atoms with Gasteiger partial charge in [0.25, 0.3) is 0 Å². The number of hydrogen-bond acceptors (Lipinski definition) is 1. The summed E-state index contributed by atoms with van der Waals surface area (Å²) in [4.78, 5) is 0. The molecule has 3 heteroatoms. The summed E-state index contributed by atoms with van der Waals surface area (Å²) in [5, 5.41) is 10.8. The smallest absolute Gasteiger partial charge is 0.0624 e. The summed E-state index contributed by atoms with van der Waals surface area (Å²) in [5.41, 5.74) is 3.28. The Hall–Kier alpha value is -1.02. The topological polar surface area (TPSA) is 20.2 Å². The van der Waals surface area contributed by atoms with Gasteiger partial charge in [0.2, 0.25) is 0 Å². The minimum atomic E-state index is 0.0378. The lowest BCUT2D eigenvalue weighted by molar-refractivity contribution is 0.264. The molecular weight excluding hydrogens is 279 g/mol. The van der Waals surface area contributed by atoms with E-state index in [0.717, 1.165) is 11.1 Å². The number of aliphatic hydroxyl groups excluding tert-OH is 1. The summed E-state index contributed by atoms with van der Waals surface area (Å²) in [5.74, 6) is 0.0378. The van der Waals surface area contributed by atoms with E-state index < -0.39 is 0 Å². The summed E-state index contributed by atoms with van der Waals surface area (Å²) < 4.78 is 0. The van der Waals surface area contributed by atoms with Crippen LogP contribution in [-0.4, -0.2) is 11.7 Å². The Labute approximate surface area is 123 Å². The number of rotatable bonds is 4. The third kappa shape index (κ3) is 3.50. The molecule has 1 unspecified atom stereocenters. The van der Waals surface area contributed by atoms with Crippen molar-refractivity contribution >= 4 is 23.2 Å². The van der Waals surface area contributed by atoms with Crippen molar-refractivity contribution in [1.29, 1.82) is 0 Å². The van der Waals surface area contributed by atoms with Gasteiger partial charge in [0, 0.05) is 5.92 Å². The average molecular weight is 295 g/mol.